The number of anilines is 1. The number of likely N-dealkylation sites (tertiary alicyclic amines) is 1. The highest BCUT2D eigenvalue weighted by Crippen LogP contribution is 2.24. The van der Waals surface area contributed by atoms with Gasteiger partial charge < -0.3 is 15.5 Å². The molecule has 0 unspecified atom stereocenters. The third-order valence-corrected chi connectivity index (χ3v) is 5.33. The summed E-state index contributed by atoms with van der Waals surface area (Å²) >= 11 is 0. The van der Waals surface area contributed by atoms with E-state index in [2.05, 4.69) is 74.8 Å². The number of nitrogens with two attached hydrogens (primary N) is 1. The Kier molecular flexibility index (Phi) is 8.17. The lowest BCUT2D eigenvalue weighted by atomic mass is 9.99. The molecule has 1 aliphatic heterocycles. The van der Waals surface area contributed by atoms with Crippen LogP contribution in [-0.2, 0) is 0 Å². The molecule has 26 heavy (non-hydrogen) atoms. The van der Waals surface area contributed by atoms with Crippen LogP contribution in [0.5, 0.6) is 0 Å². The van der Waals surface area contributed by atoms with Crippen LogP contribution in [0.4, 0.5) is 5.69 Å². The van der Waals surface area contributed by atoms with Crippen LogP contribution >= 0.6 is 0 Å². The highest BCUT2D eigenvalue weighted by molar-refractivity contribution is 5.49. The van der Waals surface area contributed by atoms with Crippen LogP contribution in [0.25, 0.3) is 0 Å². The van der Waals surface area contributed by atoms with E-state index in [9.17, 15) is 0 Å². The zero-order valence-corrected chi connectivity index (χ0v) is 17.5. The standard InChI is InChI=1S/C23H39N3/c1-18(2)10-15-26(22-8-6-20(5)7-9-22)23-11-13-25(14-12-23)17-21(24)16-19(3)4/h6-10,19,21,23H,11-17,24H2,1-5H3/t21-/m0/s1. The normalized spacial score (nSPS) is 17.3. The van der Waals surface area contributed by atoms with E-state index in [-0.39, 0.29) is 0 Å². The Labute approximate surface area is 161 Å². The quantitative estimate of drug-likeness (QED) is 0.690. The number of piperidine rings is 1. The van der Waals surface area contributed by atoms with E-state index in [0.717, 1.165) is 32.6 Å². The van der Waals surface area contributed by atoms with Gasteiger partial charge in [-0.15, -0.1) is 0 Å². The maximum Gasteiger partial charge on any atom is 0.0371 e. The van der Waals surface area contributed by atoms with Gasteiger partial charge in [-0.2, -0.15) is 0 Å². The van der Waals surface area contributed by atoms with Gasteiger partial charge in [0.25, 0.3) is 0 Å². The number of benzene rings is 1. The number of hydrogen-bond acceptors (Lipinski definition) is 3. The Hall–Kier alpha value is -1.32. The first kappa shape index (κ1) is 21.0. The summed E-state index contributed by atoms with van der Waals surface area (Å²) in [5, 5.41) is 0. The predicted octanol–water partition coefficient (Wildman–Crippen LogP) is 4.61. The molecule has 1 aliphatic rings. The summed E-state index contributed by atoms with van der Waals surface area (Å²) in [5.74, 6) is 0.684. The van der Waals surface area contributed by atoms with Gasteiger partial charge in [0.05, 0.1) is 0 Å². The fourth-order valence-corrected chi connectivity index (χ4v) is 3.91. The second kappa shape index (κ2) is 10.1. The van der Waals surface area contributed by atoms with Crippen molar-refractivity contribution in [3.63, 3.8) is 0 Å². The number of allylic oxidation sites excluding steroid dienone is 1. The molecule has 2 rings (SSSR count). The second-order valence-electron chi connectivity index (χ2n) is 8.69. The zero-order valence-electron chi connectivity index (χ0n) is 17.5. The van der Waals surface area contributed by atoms with Crippen molar-refractivity contribution in [3.8, 4) is 0 Å². The van der Waals surface area contributed by atoms with Crippen molar-refractivity contribution in [1.82, 2.24) is 4.90 Å². The molecule has 0 bridgehead atoms. The summed E-state index contributed by atoms with van der Waals surface area (Å²) < 4.78 is 0. The lowest BCUT2D eigenvalue weighted by Gasteiger charge is -2.40. The van der Waals surface area contributed by atoms with Gasteiger partial charge in [0, 0.05) is 44.0 Å². The van der Waals surface area contributed by atoms with Crippen molar-refractivity contribution in [2.24, 2.45) is 11.7 Å². The fourth-order valence-electron chi connectivity index (χ4n) is 3.91. The molecule has 1 aromatic carbocycles. The largest absolute Gasteiger partial charge is 0.365 e. The van der Waals surface area contributed by atoms with Gasteiger partial charge in [-0.1, -0.05) is 43.2 Å². The summed E-state index contributed by atoms with van der Waals surface area (Å²) in [6.07, 6.45) is 5.92. The van der Waals surface area contributed by atoms with Gasteiger partial charge in [-0.3, -0.25) is 0 Å². The zero-order chi connectivity index (χ0) is 19.1. The van der Waals surface area contributed by atoms with E-state index in [4.69, 9.17) is 5.73 Å². The first-order valence-electron chi connectivity index (χ1n) is 10.3. The molecule has 1 atom stereocenters. The third-order valence-electron chi connectivity index (χ3n) is 5.33. The molecule has 1 heterocycles. The lowest BCUT2D eigenvalue weighted by Crippen LogP contribution is -2.48. The summed E-state index contributed by atoms with van der Waals surface area (Å²) in [7, 11) is 0. The molecule has 0 aromatic heterocycles. The van der Waals surface area contributed by atoms with Crippen molar-refractivity contribution in [2.75, 3.05) is 31.1 Å². The first-order valence-corrected chi connectivity index (χ1v) is 10.3. The van der Waals surface area contributed by atoms with Gasteiger partial charge >= 0.3 is 0 Å². The van der Waals surface area contributed by atoms with E-state index in [1.54, 1.807) is 0 Å². The minimum Gasteiger partial charge on any atom is -0.365 e. The molecule has 3 nitrogen and oxygen atoms in total. The molecular formula is C23H39N3. The van der Waals surface area contributed by atoms with Crippen LogP contribution < -0.4 is 10.6 Å². The Morgan fingerprint density at radius 1 is 1.19 bits per heavy atom. The SMILES string of the molecule is CC(C)=CCN(c1ccc(C)cc1)C1CCN(C[C@@H](N)CC(C)C)CC1. The predicted molar refractivity (Wildman–Crippen MR) is 115 cm³/mol. The van der Waals surface area contributed by atoms with Crippen molar-refractivity contribution in [3.05, 3.63) is 41.5 Å². The highest BCUT2D eigenvalue weighted by Gasteiger charge is 2.25. The average Bonchev–Trinajstić information content (AvgIpc) is 2.57. The smallest absolute Gasteiger partial charge is 0.0371 e. The van der Waals surface area contributed by atoms with Crippen LogP contribution in [-0.4, -0.2) is 43.2 Å². The van der Waals surface area contributed by atoms with Crippen LogP contribution in [0.15, 0.2) is 35.9 Å². The summed E-state index contributed by atoms with van der Waals surface area (Å²) in [5.41, 5.74) is 10.4. The van der Waals surface area contributed by atoms with E-state index in [0.29, 0.717) is 18.0 Å². The van der Waals surface area contributed by atoms with Crippen molar-refractivity contribution in [1.29, 1.82) is 0 Å². The Balaban J connectivity index is 1.97. The topological polar surface area (TPSA) is 32.5 Å². The maximum absolute atomic E-state index is 6.33. The molecule has 0 amide bonds. The van der Waals surface area contributed by atoms with Crippen molar-refractivity contribution < 1.29 is 0 Å². The Morgan fingerprint density at radius 3 is 2.35 bits per heavy atom. The van der Waals surface area contributed by atoms with E-state index < -0.39 is 0 Å². The van der Waals surface area contributed by atoms with Crippen LogP contribution in [0.1, 0.15) is 52.5 Å². The molecular weight excluding hydrogens is 318 g/mol. The highest BCUT2D eigenvalue weighted by atomic mass is 15.2. The van der Waals surface area contributed by atoms with Crippen LogP contribution in [0.2, 0.25) is 0 Å². The maximum atomic E-state index is 6.33. The number of aryl methyl sites for hydroxylation is 1. The molecule has 1 fully saturated rings. The molecule has 0 radical (unpaired) electrons. The molecule has 3 heteroatoms. The van der Waals surface area contributed by atoms with Gasteiger partial charge in [0.15, 0.2) is 0 Å². The summed E-state index contributed by atoms with van der Waals surface area (Å²) in [6, 6.07) is 9.94. The van der Waals surface area contributed by atoms with E-state index >= 15 is 0 Å². The van der Waals surface area contributed by atoms with E-state index in [1.807, 2.05) is 0 Å². The lowest BCUT2D eigenvalue weighted by molar-refractivity contribution is 0.193. The molecule has 0 spiro atoms. The second-order valence-corrected chi connectivity index (χ2v) is 8.69. The van der Waals surface area contributed by atoms with Crippen molar-refractivity contribution in [2.45, 2.75) is 66.0 Å². The number of rotatable bonds is 8. The Morgan fingerprint density at radius 2 is 1.81 bits per heavy atom. The molecule has 1 saturated heterocycles. The first-order chi connectivity index (χ1) is 12.3. The average molecular weight is 358 g/mol. The molecule has 1 aromatic rings. The van der Waals surface area contributed by atoms with Crippen molar-refractivity contribution >= 4 is 5.69 Å². The van der Waals surface area contributed by atoms with Crippen LogP contribution in [0.3, 0.4) is 0 Å². The van der Waals surface area contributed by atoms with Crippen LogP contribution in [0, 0.1) is 12.8 Å². The minimum absolute atomic E-state index is 0.311. The molecule has 2 N–H and O–H groups in total. The molecule has 0 aliphatic carbocycles. The molecule has 0 saturated carbocycles. The minimum atomic E-state index is 0.311. The van der Waals surface area contributed by atoms with Gasteiger partial charge in [0.1, 0.15) is 0 Å². The summed E-state index contributed by atoms with van der Waals surface area (Å²) in [6.45, 7) is 15.4. The van der Waals surface area contributed by atoms with Gasteiger partial charge in [-0.25, -0.2) is 0 Å². The van der Waals surface area contributed by atoms with Gasteiger partial charge in [0.2, 0.25) is 0 Å². The fraction of sp³-hybridized carbons (Fsp3) is 0.652. The number of nitrogens with zero attached hydrogens (tertiary/aromatic N) is 2. The summed E-state index contributed by atoms with van der Waals surface area (Å²) in [4.78, 5) is 5.16. The Bertz CT molecular complexity index is 549. The van der Waals surface area contributed by atoms with Gasteiger partial charge in [-0.05, 0) is 58.1 Å². The third kappa shape index (κ3) is 6.77. The molecule has 146 valence electrons. The monoisotopic (exact) mass is 357 g/mol. The van der Waals surface area contributed by atoms with E-state index in [1.165, 1.54) is 29.7 Å². The number of hydrogen-bond donors (Lipinski definition) is 1.